The monoisotopic (exact) mass is 443 g/mol. The fraction of sp³-hybridized carbons (Fsp3) is 0.350. The van der Waals surface area contributed by atoms with E-state index in [0.29, 0.717) is 18.1 Å². The van der Waals surface area contributed by atoms with Gasteiger partial charge in [0.2, 0.25) is 0 Å². The lowest BCUT2D eigenvalue weighted by molar-refractivity contribution is 0.109. The number of sulfone groups is 1. The van der Waals surface area contributed by atoms with Crippen LogP contribution < -0.4 is 0 Å². The predicted octanol–water partition coefficient (Wildman–Crippen LogP) is 4.76. The summed E-state index contributed by atoms with van der Waals surface area (Å²) in [5.41, 5.74) is -0.308. The van der Waals surface area contributed by atoms with E-state index in [9.17, 15) is 22.0 Å². The molecule has 1 aliphatic heterocycles. The van der Waals surface area contributed by atoms with Gasteiger partial charge < -0.3 is 9.64 Å². The number of amides is 1. The van der Waals surface area contributed by atoms with E-state index >= 15 is 0 Å². The highest BCUT2D eigenvalue weighted by Crippen LogP contribution is 2.34. The highest BCUT2D eigenvalue weighted by Gasteiger charge is 2.32. The Morgan fingerprint density at radius 2 is 1.76 bits per heavy atom. The average Bonchev–Trinajstić information content (AvgIpc) is 3.22. The van der Waals surface area contributed by atoms with Crippen molar-refractivity contribution in [2.75, 3.05) is 19.7 Å². The highest BCUT2D eigenvalue weighted by atomic mass is 35.5. The van der Waals surface area contributed by atoms with Crippen LogP contribution in [0.1, 0.15) is 30.1 Å². The molecule has 0 spiro atoms. The molecular formula is C20H20ClF2NO4S. The van der Waals surface area contributed by atoms with Crippen LogP contribution in [0.15, 0.2) is 47.4 Å². The van der Waals surface area contributed by atoms with E-state index in [1.165, 1.54) is 29.2 Å². The Morgan fingerprint density at radius 3 is 2.41 bits per heavy atom. The summed E-state index contributed by atoms with van der Waals surface area (Å²) in [6.45, 7) is 0.927. The van der Waals surface area contributed by atoms with Gasteiger partial charge in [0.15, 0.2) is 9.84 Å². The molecule has 1 amide bonds. The van der Waals surface area contributed by atoms with Crippen LogP contribution in [0, 0.1) is 11.6 Å². The van der Waals surface area contributed by atoms with Crippen LogP contribution >= 0.6 is 11.6 Å². The summed E-state index contributed by atoms with van der Waals surface area (Å²) in [4.78, 5) is 13.5. The summed E-state index contributed by atoms with van der Waals surface area (Å²) in [5, 5.41) is -1.08. The van der Waals surface area contributed by atoms with Crippen LogP contribution in [-0.4, -0.2) is 39.1 Å². The van der Waals surface area contributed by atoms with E-state index in [1.807, 2.05) is 0 Å². The van der Waals surface area contributed by atoms with Crippen molar-refractivity contribution < 1.29 is 26.7 Å². The van der Waals surface area contributed by atoms with Crippen molar-refractivity contribution in [1.29, 1.82) is 0 Å². The number of rotatable bonds is 6. The van der Waals surface area contributed by atoms with Crippen molar-refractivity contribution in [3.8, 4) is 0 Å². The van der Waals surface area contributed by atoms with Crippen LogP contribution in [0.5, 0.6) is 0 Å². The quantitative estimate of drug-likeness (QED) is 0.646. The number of ether oxygens (including phenoxy) is 1. The molecule has 1 heterocycles. The third kappa shape index (κ3) is 5.05. The zero-order valence-corrected chi connectivity index (χ0v) is 17.1. The Hall–Kier alpha value is -2.19. The molecule has 9 heteroatoms. The molecule has 0 aromatic heterocycles. The molecule has 1 aliphatic rings. The van der Waals surface area contributed by atoms with Crippen LogP contribution in [0.4, 0.5) is 13.6 Å². The van der Waals surface area contributed by atoms with E-state index in [4.69, 9.17) is 16.3 Å². The van der Waals surface area contributed by atoms with E-state index in [-0.39, 0.29) is 23.5 Å². The van der Waals surface area contributed by atoms with Crippen LogP contribution in [-0.2, 0) is 14.6 Å². The van der Waals surface area contributed by atoms with E-state index in [1.54, 1.807) is 0 Å². The first kappa shape index (κ1) is 21.5. The molecule has 1 unspecified atom stereocenters. The van der Waals surface area contributed by atoms with Crippen molar-refractivity contribution in [2.45, 2.75) is 29.4 Å². The van der Waals surface area contributed by atoms with E-state index in [0.717, 1.165) is 31.0 Å². The fourth-order valence-electron chi connectivity index (χ4n) is 3.27. The smallest absolute Gasteiger partial charge is 0.409 e. The van der Waals surface area contributed by atoms with Crippen molar-refractivity contribution in [3.05, 3.63) is 64.7 Å². The normalized spacial score (nSPS) is 15.3. The maximum absolute atomic E-state index is 14.4. The van der Waals surface area contributed by atoms with Crippen LogP contribution in [0.2, 0.25) is 5.02 Å². The molecular weight excluding hydrogens is 424 g/mol. The van der Waals surface area contributed by atoms with Gasteiger partial charge in [0.25, 0.3) is 0 Å². The Labute approximate surface area is 173 Å². The molecule has 1 saturated heterocycles. The minimum Gasteiger partial charge on any atom is -0.449 e. The third-order valence-corrected chi connectivity index (χ3v) is 7.21. The molecule has 0 radical (unpaired) electrons. The SMILES string of the molecule is O=C(OCCC(c1cc(F)ccc1F)S(=O)(=O)c1ccc(Cl)cc1)N1CCCC1. The maximum Gasteiger partial charge on any atom is 0.409 e. The largest absolute Gasteiger partial charge is 0.449 e. The molecule has 0 bridgehead atoms. The molecule has 0 N–H and O–H groups in total. The lowest BCUT2D eigenvalue weighted by Gasteiger charge is -2.20. The lowest BCUT2D eigenvalue weighted by Crippen LogP contribution is -2.29. The van der Waals surface area contributed by atoms with Crippen molar-refractivity contribution in [1.82, 2.24) is 4.90 Å². The van der Waals surface area contributed by atoms with Gasteiger partial charge in [-0.15, -0.1) is 0 Å². The zero-order valence-electron chi connectivity index (χ0n) is 15.5. The topological polar surface area (TPSA) is 63.7 Å². The number of halogens is 3. The summed E-state index contributed by atoms with van der Waals surface area (Å²) < 4.78 is 59.6. The summed E-state index contributed by atoms with van der Waals surface area (Å²) in [6, 6.07) is 8.07. The third-order valence-electron chi connectivity index (χ3n) is 4.79. The van der Waals surface area contributed by atoms with Gasteiger partial charge in [-0.25, -0.2) is 22.0 Å². The molecule has 1 atom stereocenters. The second kappa shape index (κ2) is 9.09. The first-order valence-electron chi connectivity index (χ1n) is 9.15. The van der Waals surface area contributed by atoms with Gasteiger partial charge in [-0.1, -0.05) is 11.6 Å². The summed E-state index contributed by atoms with van der Waals surface area (Å²) in [6.07, 6.45) is 1.02. The molecule has 5 nitrogen and oxygen atoms in total. The molecule has 0 aliphatic carbocycles. The molecule has 2 aromatic rings. The second-order valence-corrected chi connectivity index (χ2v) is 9.32. The fourth-order valence-corrected chi connectivity index (χ4v) is 5.16. The summed E-state index contributed by atoms with van der Waals surface area (Å²) >= 11 is 5.82. The van der Waals surface area contributed by atoms with Gasteiger partial charge in [-0.3, -0.25) is 0 Å². The van der Waals surface area contributed by atoms with E-state index in [2.05, 4.69) is 0 Å². The lowest BCUT2D eigenvalue weighted by atomic mass is 10.1. The number of benzene rings is 2. The second-order valence-electron chi connectivity index (χ2n) is 6.75. The van der Waals surface area contributed by atoms with Gasteiger partial charge >= 0.3 is 6.09 Å². The Balaban J connectivity index is 1.86. The van der Waals surface area contributed by atoms with Gasteiger partial charge in [0.1, 0.15) is 11.6 Å². The Bertz CT molecular complexity index is 976. The van der Waals surface area contributed by atoms with Crippen LogP contribution in [0.25, 0.3) is 0 Å². The van der Waals surface area contributed by atoms with Gasteiger partial charge in [-0.05, 0) is 55.3 Å². The van der Waals surface area contributed by atoms with Gasteiger partial charge in [0, 0.05) is 30.1 Å². The van der Waals surface area contributed by atoms with Crippen molar-refractivity contribution in [2.24, 2.45) is 0 Å². The Kier molecular flexibility index (Phi) is 6.74. The maximum atomic E-state index is 14.4. The first-order valence-corrected chi connectivity index (χ1v) is 11.1. The number of carbonyl (C=O) groups excluding carboxylic acids is 1. The minimum atomic E-state index is -4.10. The molecule has 1 fully saturated rings. The van der Waals surface area contributed by atoms with E-state index < -0.39 is 32.8 Å². The molecule has 29 heavy (non-hydrogen) atoms. The highest BCUT2D eigenvalue weighted by molar-refractivity contribution is 7.91. The number of hydrogen-bond acceptors (Lipinski definition) is 4. The molecule has 156 valence electrons. The van der Waals surface area contributed by atoms with Crippen LogP contribution in [0.3, 0.4) is 0 Å². The van der Waals surface area contributed by atoms with Crippen molar-refractivity contribution >= 4 is 27.5 Å². The Morgan fingerprint density at radius 1 is 1.10 bits per heavy atom. The van der Waals surface area contributed by atoms with Gasteiger partial charge in [-0.2, -0.15) is 0 Å². The molecule has 2 aromatic carbocycles. The standard InChI is InChI=1S/C20H20ClF2NO4S/c21-14-3-6-16(7-4-14)29(26,27)19(17-13-15(22)5-8-18(17)23)9-12-28-20(25)24-10-1-2-11-24/h3-8,13,19H,1-2,9-12H2. The number of likely N-dealkylation sites (tertiary alicyclic amines) is 1. The predicted molar refractivity (Wildman–Crippen MR) is 105 cm³/mol. The minimum absolute atomic E-state index is 0.0820. The summed E-state index contributed by atoms with van der Waals surface area (Å²) in [5.74, 6) is -1.61. The van der Waals surface area contributed by atoms with Gasteiger partial charge in [0.05, 0.1) is 16.8 Å². The number of carbonyl (C=O) groups is 1. The molecule has 3 rings (SSSR count). The summed E-state index contributed by atoms with van der Waals surface area (Å²) in [7, 11) is -4.10. The average molecular weight is 444 g/mol. The van der Waals surface area contributed by atoms with Crippen molar-refractivity contribution in [3.63, 3.8) is 0 Å². The zero-order chi connectivity index (χ0) is 21.0. The molecule has 0 saturated carbocycles. The first-order chi connectivity index (χ1) is 13.8. The number of nitrogens with zero attached hydrogens (tertiary/aromatic N) is 1. The number of hydrogen-bond donors (Lipinski definition) is 0.